The number of ether oxygens (including phenoxy) is 1. The Morgan fingerprint density at radius 2 is 1.43 bits per heavy atom. The number of hydrogen-bond acceptors (Lipinski definition) is 2. The number of hydrogen-bond donors (Lipinski definition) is 1. The van der Waals surface area contributed by atoms with Crippen molar-refractivity contribution in [2.45, 2.75) is 123 Å². The number of alkyl carbamates (subject to hydrolysis) is 1. The minimum absolute atomic E-state index is 0.215. The van der Waals surface area contributed by atoms with Crippen molar-refractivity contribution in [2.75, 3.05) is 0 Å². The second-order valence-corrected chi connectivity index (χ2v) is 30.4. The monoisotopic (exact) mass is 609 g/mol. The molecule has 0 bridgehead atoms. The van der Waals surface area contributed by atoms with Crippen LogP contribution in [0, 0.1) is 5.92 Å². The van der Waals surface area contributed by atoms with Crippen LogP contribution in [0.2, 0.25) is 26.4 Å². The van der Waals surface area contributed by atoms with Gasteiger partial charge in [-0.05, 0) is 0 Å². The second kappa shape index (κ2) is 14.9. The Morgan fingerprint density at radius 3 is 1.83 bits per heavy atom. The molecule has 1 aromatic carbocycles. The van der Waals surface area contributed by atoms with Crippen LogP contribution in [-0.4, -0.2) is 42.2 Å². The molecule has 200 valence electrons. The van der Waals surface area contributed by atoms with Gasteiger partial charge in [-0.1, -0.05) is 0 Å². The molecule has 1 amide bonds. The van der Waals surface area contributed by atoms with E-state index in [1.807, 2.05) is 20.8 Å². The fourth-order valence-electron chi connectivity index (χ4n) is 5.48. The number of unbranched alkanes of at least 4 members (excludes halogenated alkanes) is 3. The quantitative estimate of drug-likeness (QED) is 0.203. The van der Waals surface area contributed by atoms with Gasteiger partial charge in [-0.25, -0.2) is 0 Å². The molecule has 2 atom stereocenters. The summed E-state index contributed by atoms with van der Waals surface area (Å²) in [6.45, 7) is 24.8. The summed E-state index contributed by atoms with van der Waals surface area (Å²) in [5.74, 6) is 0.255. The maximum atomic E-state index is 13.3. The summed E-state index contributed by atoms with van der Waals surface area (Å²) in [7, 11) is -1.93. The first-order chi connectivity index (χ1) is 16.3. The van der Waals surface area contributed by atoms with E-state index in [2.05, 4.69) is 76.4 Å². The van der Waals surface area contributed by atoms with Crippen LogP contribution in [0.3, 0.4) is 0 Å². The standard InChI is InChI=1S/C18H28NO2Si.3C4H9.Sn/c1-14(13-19-17(20)21-18(3,4)5)15(2)22(6,7)16-11-9-8-10-12-16;3*1-3-4-2;/h8-14H,2H2,1,3-7H3,(H,19,20);3*1,3-4H2,2H3;/t14-;;;;/m0..../s1. The van der Waals surface area contributed by atoms with Crippen LogP contribution in [0.1, 0.15) is 87.0 Å². The molecule has 0 saturated carbocycles. The zero-order chi connectivity index (χ0) is 26.7. The van der Waals surface area contributed by atoms with Crippen LogP contribution in [0.5, 0.6) is 0 Å². The van der Waals surface area contributed by atoms with E-state index in [1.54, 1.807) is 0 Å². The second-order valence-electron chi connectivity index (χ2n) is 12.1. The maximum absolute atomic E-state index is 13.3. The molecule has 0 heterocycles. The Kier molecular flexibility index (Phi) is 13.7. The molecule has 35 heavy (non-hydrogen) atoms. The third-order valence-corrected chi connectivity index (χ3v) is 28.8. The van der Waals surface area contributed by atoms with Crippen LogP contribution in [-0.2, 0) is 4.74 Å². The van der Waals surface area contributed by atoms with Crippen molar-refractivity contribution in [2.24, 2.45) is 5.92 Å². The Hall–Kier alpha value is -0.754. The first-order valence-corrected chi connectivity index (χ1v) is 24.8. The van der Waals surface area contributed by atoms with Crippen molar-refractivity contribution in [3.63, 3.8) is 0 Å². The van der Waals surface area contributed by atoms with Crippen molar-refractivity contribution in [1.29, 1.82) is 0 Å². The summed E-state index contributed by atoms with van der Waals surface area (Å²) in [4.78, 5) is 13.3. The van der Waals surface area contributed by atoms with Crippen LogP contribution in [0.15, 0.2) is 42.1 Å². The molecule has 5 heteroatoms. The molecule has 1 aromatic rings. The number of carbonyl (C=O) groups excluding carboxylic acids is 1. The van der Waals surface area contributed by atoms with Gasteiger partial charge in [-0.2, -0.15) is 0 Å². The first kappa shape index (κ1) is 32.3. The summed E-state index contributed by atoms with van der Waals surface area (Å²) in [6, 6.07) is 10.9. The van der Waals surface area contributed by atoms with Crippen LogP contribution < -0.4 is 10.5 Å². The van der Waals surface area contributed by atoms with E-state index >= 15 is 0 Å². The normalized spacial score (nSPS) is 14.3. The molecule has 0 radical (unpaired) electrons. The number of amides is 1. The molecule has 0 spiro atoms. The summed E-state index contributed by atoms with van der Waals surface area (Å²) in [5.41, 5.74) is -0.499. The first-order valence-electron chi connectivity index (χ1n) is 14.1. The fraction of sp³-hybridized carbons (Fsp3) is 0.700. The molecule has 1 rings (SSSR count). The van der Waals surface area contributed by atoms with E-state index in [0.29, 0.717) is 0 Å². The molecule has 0 aliphatic rings. The van der Waals surface area contributed by atoms with Gasteiger partial charge >= 0.3 is 224 Å². The molecule has 0 saturated heterocycles. The Bertz CT molecular complexity index is 751. The van der Waals surface area contributed by atoms with Gasteiger partial charge in [-0.15, -0.1) is 0 Å². The van der Waals surface area contributed by atoms with Gasteiger partial charge in [0.1, 0.15) is 0 Å². The van der Waals surface area contributed by atoms with E-state index < -0.39 is 32.1 Å². The topological polar surface area (TPSA) is 38.3 Å². The van der Waals surface area contributed by atoms with E-state index in [-0.39, 0.29) is 16.1 Å². The Labute approximate surface area is 222 Å². The summed E-state index contributed by atoms with van der Waals surface area (Å²) in [6.07, 6.45) is 7.23. The fourth-order valence-corrected chi connectivity index (χ4v) is 27.3. The van der Waals surface area contributed by atoms with E-state index in [9.17, 15) is 4.79 Å². The van der Waals surface area contributed by atoms with Gasteiger partial charge in [0.25, 0.3) is 0 Å². The van der Waals surface area contributed by atoms with E-state index in [4.69, 9.17) is 11.3 Å². The Morgan fingerprint density at radius 1 is 0.971 bits per heavy atom. The van der Waals surface area contributed by atoms with E-state index in [0.717, 1.165) is 0 Å². The predicted molar refractivity (Wildman–Crippen MR) is 160 cm³/mol. The van der Waals surface area contributed by atoms with Crippen LogP contribution >= 0.6 is 0 Å². The van der Waals surface area contributed by atoms with Crippen LogP contribution in [0.25, 0.3) is 0 Å². The molecule has 1 N–H and O–H groups in total. The molecule has 0 unspecified atom stereocenters. The molecular formula is C30H55NO2SiSn. The van der Waals surface area contributed by atoms with Gasteiger partial charge in [0.2, 0.25) is 0 Å². The molecule has 3 nitrogen and oxygen atoms in total. The third-order valence-electron chi connectivity index (χ3n) is 7.76. The molecule has 0 aromatic heterocycles. The number of carbonyl (C=O) groups is 1. The SMILES string of the molecule is C=C([C@@H](C)[C@@H](NC(=O)OC(C)(C)C)[Sn]([CH2]CCC)([CH2]CCC)[CH2]CCC)[Si](C)(C)c1ccccc1. The van der Waals surface area contributed by atoms with Crippen molar-refractivity contribution in [3.8, 4) is 0 Å². The van der Waals surface area contributed by atoms with E-state index in [1.165, 1.54) is 62.2 Å². The minimum atomic E-state index is -2.87. The number of rotatable bonds is 15. The van der Waals surface area contributed by atoms with Gasteiger partial charge in [0.05, 0.1) is 0 Å². The predicted octanol–water partition coefficient (Wildman–Crippen LogP) is 8.62. The van der Waals surface area contributed by atoms with Gasteiger partial charge in [-0.3, -0.25) is 0 Å². The number of benzene rings is 1. The summed E-state index contributed by atoms with van der Waals surface area (Å²) < 4.78 is 10.1. The van der Waals surface area contributed by atoms with Crippen molar-refractivity contribution in [3.05, 3.63) is 42.1 Å². The molecular weight excluding hydrogens is 553 g/mol. The Balaban J connectivity index is 3.54. The van der Waals surface area contributed by atoms with Gasteiger partial charge in [0, 0.05) is 0 Å². The van der Waals surface area contributed by atoms with Crippen molar-refractivity contribution < 1.29 is 9.53 Å². The van der Waals surface area contributed by atoms with Gasteiger partial charge < -0.3 is 0 Å². The zero-order valence-electron chi connectivity index (χ0n) is 24.4. The zero-order valence-corrected chi connectivity index (χ0v) is 28.3. The van der Waals surface area contributed by atoms with Crippen LogP contribution in [0.4, 0.5) is 4.79 Å². The average Bonchev–Trinajstić information content (AvgIpc) is 2.81. The van der Waals surface area contributed by atoms with Crippen molar-refractivity contribution >= 4 is 37.7 Å². The third kappa shape index (κ3) is 9.90. The molecule has 0 aliphatic heterocycles. The van der Waals surface area contributed by atoms with Gasteiger partial charge in [0.15, 0.2) is 0 Å². The average molecular weight is 609 g/mol. The number of nitrogens with one attached hydrogen (secondary N) is 1. The molecule has 0 aliphatic carbocycles. The summed E-state index contributed by atoms with van der Waals surface area (Å²) >= 11 is -2.87. The van der Waals surface area contributed by atoms with Crippen molar-refractivity contribution in [1.82, 2.24) is 5.32 Å². The molecule has 0 fully saturated rings. The summed E-state index contributed by atoms with van der Waals surface area (Å²) in [5, 5.41) is 6.32.